The number of halogens is 7. The highest BCUT2D eigenvalue weighted by Crippen LogP contribution is 2.46. The van der Waals surface area contributed by atoms with Crippen LogP contribution in [-0.4, -0.2) is 23.0 Å². The highest BCUT2D eigenvalue weighted by Gasteiger charge is 2.72. The van der Waals surface area contributed by atoms with Gasteiger partial charge in [-0.1, -0.05) is 66.6 Å². The lowest BCUT2D eigenvalue weighted by molar-refractivity contribution is -0.339. The fourth-order valence-electron chi connectivity index (χ4n) is 4.29. The van der Waals surface area contributed by atoms with Gasteiger partial charge in [0, 0.05) is 18.0 Å². The average Bonchev–Trinajstić information content (AvgIpc) is 2.90. The van der Waals surface area contributed by atoms with Crippen LogP contribution in [0.25, 0.3) is 43.8 Å². The molecule has 0 aliphatic rings. The quantitative estimate of drug-likeness (QED) is 0.170. The Morgan fingerprint density at radius 2 is 1.26 bits per heavy atom. The molecule has 1 heterocycles. The minimum absolute atomic E-state index is 0.103. The first kappa shape index (κ1) is 25.3. The summed E-state index contributed by atoms with van der Waals surface area (Å²) in [5.41, 5.74) is 3.15. The van der Waals surface area contributed by atoms with Gasteiger partial charge in [-0.05, 0) is 74.0 Å². The van der Waals surface area contributed by atoms with Crippen LogP contribution in [-0.2, 0) is 0 Å². The molecule has 5 aromatic rings. The molecule has 4 aromatic carbocycles. The Hall–Kier alpha value is -4.38. The Bertz CT molecular complexity index is 1710. The zero-order valence-corrected chi connectivity index (χ0v) is 19.3. The van der Waals surface area contributed by atoms with Gasteiger partial charge < -0.3 is 0 Å². The van der Waals surface area contributed by atoms with Crippen molar-refractivity contribution in [2.75, 3.05) is 0 Å². The van der Waals surface area contributed by atoms with E-state index in [-0.39, 0.29) is 5.56 Å². The number of alkyl halides is 7. The Morgan fingerprint density at radius 1 is 0.605 bits per heavy atom. The Labute approximate surface area is 212 Å². The molecule has 0 atom stereocenters. The Kier molecular flexibility index (Phi) is 6.10. The fraction of sp³-hybridized carbons (Fsp3) is 0.100. The summed E-state index contributed by atoms with van der Waals surface area (Å²) in [6.07, 6.45) is -3.13. The zero-order valence-electron chi connectivity index (χ0n) is 19.3. The van der Waals surface area contributed by atoms with E-state index in [9.17, 15) is 30.7 Å². The third-order valence-electron chi connectivity index (χ3n) is 6.20. The summed E-state index contributed by atoms with van der Waals surface area (Å²) in [6.45, 7) is 0. The molecule has 0 fully saturated rings. The van der Waals surface area contributed by atoms with Crippen molar-refractivity contribution in [2.45, 2.75) is 18.0 Å². The van der Waals surface area contributed by atoms with E-state index in [1.165, 1.54) is 12.1 Å². The molecule has 0 N–H and O–H groups in total. The fourth-order valence-corrected chi connectivity index (χ4v) is 4.29. The van der Waals surface area contributed by atoms with E-state index in [1.807, 2.05) is 60.5 Å². The first-order valence-corrected chi connectivity index (χ1v) is 11.3. The molecule has 0 saturated heterocycles. The molecule has 38 heavy (non-hydrogen) atoms. The summed E-state index contributed by atoms with van der Waals surface area (Å²) >= 11 is 0. The van der Waals surface area contributed by atoms with Gasteiger partial charge in [0.15, 0.2) is 0 Å². The minimum Gasteiger partial charge on any atom is -0.265 e. The van der Waals surface area contributed by atoms with Crippen molar-refractivity contribution in [1.29, 1.82) is 0 Å². The third kappa shape index (κ3) is 4.34. The first-order chi connectivity index (χ1) is 18.0. The predicted molar refractivity (Wildman–Crippen MR) is 133 cm³/mol. The van der Waals surface area contributed by atoms with Crippen LogP contribution in [0.15, 0.2) is 97.3 Å². The van der Waals surface area contributed by atoms with Gasteiger partial charge in [-0.15, -0.1) is 0 Å². The third-order valence-corrected chi connectivity index (χ3v) is 6.20. The predicted octanol–water partition coefficient (Wildman–Crippen LogP) is 8.91. The van der Waals surface area contributed by atoms with Crippen LogP contribution < -0.4 is 0 Å². The summed E-state index contributed by atoms with van der Waals surface area (Å²) in [4.78, 5) is 4.08. The second kappa shape index (κ2) is 9.18. The molecule has 1 aromatic heterocycles. The Morgan fingerprint density at radius 3 is 2.00 bits per heavy atom. The van der Waals surface area contributed by atoms with Crippen LogP contribution in [0.2, 0.25) is 0 Å². The second-order valence-corrected chi connectivity index (χ2v) is 8.58. The van der Waals surface area contributed by atoms with E-state index < -0.39 is 18.0 Å². The largest absolute Gasteiger partial charge is 0.461 e. The van der Waals surface area contributed by atoms with Crippen molar-refractivity contribution in [2.24, 2.45) is 0 Å². The lowest BCUT2D eigenvalue weighted by Crippen LogP contribution is -2.51. The van der Waals surface area contributed by atoms with Crippen molar-refractivity contribution in [3.8, 4) is 34.1 Å². The SMILES string of the molecule is FC(F)(F)C(F)(F)C(F)(F)C#Cc1cccc2ccc(-c3ccc4ccccc4c3-c3ccncc3)cc12. The van der Waals surface area contributed by atoms with Gasteiger partial charge in [0.1, 0.15) is 0 Å². The molecule has 0 amide bonds. The number of rotatable bonds is 3. The van der Waals surface area contributed by atoms with Crippen molar-refractivity contribution in [1.82, 2.24) is 4.98 Å². The molecule has 8 heteroatoms. The number of pyridine rings is 1. The van der Waals surface area contributed by atoms with E-state index in [2.05, 4.69) is 4.98 Å². The molecule has 190 valence electrons. The minimum atomic E-state index is -6.45. The van der Waals surface area contributed by atoms with Crippen LogP contribution in [0.3, 0.4) is 0 Å². The van der Waals surface area contributed by atoms with Gasteiger partial charge in [-0.3, -0.25) is 4.98 Å². The van der Waals surface area contributed by atoms with E-state index in [0.717, 1.165) is 33.4 Å². The maximum atomic E-state index is 13.9. The smallest absolute Gasteiger partial charge is 0.265 e. The van der Waals surface area contributed by atoms with E-state index in [1.54, 1.807) is 30.6 Å². The molecular formula is C30H16F7N. The monoisotopic (exact) mass is 523 g/mol. The van der Waals surface area contributed by atoms with Crippen LogP contribution >= 0.6 is 0 Å². The number of hydrogen-bond acceptors (Lipinski definition) is 1. The number of aromatic nitrogens is 1. The molecule has 0 unspecified atom stereocenters. The maximum absolute atomic E-state index is 13.9. The molecule has 0 saturated carbocycles. The normalized spacial score (nSPS) is 12.4. The molecular weight excluding hydrogens is 507 g/mol. The Balaban J connectivity index is 1.69. The molecule has 0 bridgehead atoms. The summed E-state index contributed by atoms with van der Waals surface area (Å²) in [7, 11) is 0. The van der Waals surface area contributed by atoms with Gasteiger partial charge in [-0.25, -0.2) is 0 Å². The van der Waals surface area contributed by atoms with Gasteiger partial charge >= 0.3 is 18.0 Å². The standard InChI is InChI=1S/C30H16F7N/c31-28(32,29(33,34)30(35,36)37)15-12-21-6-3-5-20-8-9-23(18-26(20)21)25-11-10-19-4-1-2-7-24(19)27(25)22-13-16-38-17-14-22/h1-11,13-14,16-18H. The van der Waals surface area contributed by atoms with Crippen molar-refractivity contribution >= 4 is 21.5 Å². The summed E-state index contributed by atoms with van der Waals surface area (Å²) in [5.74, 6) is -9.16. The van der Waals surface area contributed by atoms with Crippen LogP contribution in [0, 0.1) is 11.8 Å². The number of benzene rings is 4. The van der Waals surface area contributed by atoms with Crippen LogP contribution in [0.1, 0.15) is 5.56 Å². The topological polar surface area (TPSA) is 12.9 Å². The van der Waals surface area contributed by atoms with Gasteiger partial charge in [-0.2, -0.15) is 30.7 Å². The van der Waals surface area contributed by atoms with Crippen molar-refractivity contribution < 1.29 is 30.7 Å². The molecule has 1 nitrogen and oxygen atoms in total. The van der Waals surface area contributed by atoms with E-state index >= 15 is 0 Å². The molecule has 0 aliphatic heterocycles. The van der Waals surface area contributed by atoms with E-state index in [4.69, 9.17) is 0 Å². The molecule has 0 radical (unpaired) electrons. The zero-order chi connectivity index (χ0) is 27.1. The lowest BCUT2D eigenvalue weighted by atomic mass is 9.89. The summed E-state index contributed by atoms with van der Waals surface area (Å²) in [5, 5.41) is 2.83. The van der Waals surface area contributed by atoms with Crippen LogP contribution in [0.4, 0.5) is 30.7 Å². The van der Waals surface area contributed by atoms with Gasteiger partial charge in [0.25, 0.3) is 0 Å². The van der Waals surface area contributed by atoms with Gasteiger partial charge in [0.05, 0.1) is 0 Å². The maximum Gasteiger partial charge on any atom is 0.461 e. The summed E-state index contributed by atoms with van der Waals surface area (Å²) < 4.78 is 92.1. The summed E-state index contributed by atoms with van der Waals surface area (Å²) in [6, 6.07) is 24.9. The van der Waals surface area contributed by atoms with Crippen LogP contribution in [0.5, 0.6) is 0 Å². The lowest BCUT2D eigenvalue weighted by Gasteiger charge is -2.24. The number of nitrogens with zero attached hydrogens (tertiary/aromatic N) is 1. The highest BCUT2D eigenvalue weighted by molar-refractivity contribution is 6.05. The molecule has 5 rings (SSSR count). The molecule has 0 aliphatic carbocycles. The number of fused-ring (bicyclic) bond motifs is 2. The van der Waals surface area contributed by atoms with Crippen molar-refractivity contribution in [3.63, 3.8) is 0 Å². The average molecular weight is 523 g/mol. The first-order valence-electron chi connectivity index (χ1n) is 11.3. The van der Waals surface area contributed by atoms with Crippen molar-refractivity contribution in [3.05, 3.63) is 103 Å². The number of hydrogen-bond donors (Lipinski definition) is 0. The molecule has 0 spiro atoms. The highest BCUT2D eigenvalue weighted by atomic mass is 19.4. The van der Waals surface area contributed by atoms with Gasteiger partial charge in [0.2, 0.25) is 0 Å². The second-order valence-electron chi connectivity index (χ2n) is 8.58. The van der Waals surface area contributed by atoms with E-state index in [0.29, 0.717) is 16.3 Å².